The normalized spacial score (nSPS) is 16.7. The minimum absolute atomic E-state index is 0.116. The predicted molar refractivity (Wildman–Crippen MR) is 104 cm³/mol. The lowest BCUT2D eigenvalue weighted by Gasteiger charge is -2.20. The number of hydrogen-bond acceptors (Lipinski definition) is 5. The molecular formula is C19H17ClFN5O. The Morgan fingerprint density at radius 1 is 1.30 bits per heavy atom. The molecule has 1 aromatic heterocycles. The Hall–Kier alpha value is -2.93. The minimum Gasteiger partial charge on any atom is -0.369 e. The molecule has 3 N–H and O–H groups in total. The number of nitrogens with two attached hydrogens (primary N) is 1. The molecule has 1 atom stereocenters. The van der Waals surface area contributed by atoms with Crippen LogP contribution in [0.3, 0.4) is 0 Å². The first-order chi connectivity index (χ1) is 13.0. The van der Waals surface area contributed by atoms with Gasteiger partial charge in [0.25, 0.3) is 5.91 Å². The summed E-state index contributed by atoms with van der Waals surface area (Å²) in [6.45, 7) is 1.48. The van der Waals surface area contributed by atoms with Crippen LogP contribution in [-0.4, -0.2) is 35.0 Å². The van der Waals surface area contributed by atoms with Gasteiger partial charge in [-0.2, -0.15) is 0 Å². The first-order valence-corrected chi connectivity index (χ1v) is 8.91. The fourth-order valence-electron chi connectivity index (χ4n) is 3.39. The number of primary amides is 1. The molecule has 8 heteroatoms. The Bertz CT molecular complexity index is 1030. The maximum absolute atomic E-state index is 13.7. The number of rotatable bonds is 4. The van der Waals surface area contributed by atoms with Crippen molar-refractivity contribution in [1.29, 1.82) is 0 Å². The molecule has 0 saturated carbocycles. The van der Waals surface area contributed by atoms with Crippen LogP contribution in [0.25, 0.3) is 10.9 Å². The van der Waals surface area contributed by atoms with Gasteiger partial charge in [0.1, 0.15) is 18.0 Å². The molecule has 1 fully saturated rings. The zero-order chi connectivity index (χ0) is 19.0. The van der Waals surface area contributed by atoms with Crippen molar-refractivity contribution in [3.05, 3.63) is 59.1 Å². The molecule has 3 aromatic rings. The Balaban J connectivity index is 1.56. The standard InChI is InChI=1S/C19H17ClFN5O/c20-15-5-4-12(8-16(15)21)26-7-6-11(9-26)25-19-14-3-1-2-13(18(22)27)17(14)23-10-24-19/h1-5,8,10-11H,6-7,9H2,(H2,22,27)(H,23,24,25). The number of halogens is 2. The number of para-hydroxylation sites is 1. The quantitative estimate of drug-likeness (QED) is 0.720. The van der Waals surface area contributed by atoms with Crippen molar-refractivity contribution in [2.75, 3.05) is 23.3 Å². The third-order valence-electron chi connectivity index (χ3n) is 4.73. The van der Waals surface area contributed by atoms with Crippen LogP contribution < -0.4 is 16.0 Å². The summed E-state index contributed by atoms with van der Waals surface area (Å²) in [4.78, 5) is 22.2. The summed E-state index contributed by atoms with van der Waals surface area (Å²) >= 11 is 5.76. The second kappa shape index (κ2) is 7.00. The first-order valence-electron chi connectivity index (χ1n) is 8.53. The largest absolute Gasteiger partial charge is 0.369 e. The molecule has 1 saturated heterocycles. The summed E-state index contributed by atoms with van der Waals surface area (Å²) in [6.07, 6.45) is 2.28. The van der Waals surface area contributed by atoms with Gasteiger partial charge in [-0.05, 0) is 36.8 Å². The molecule has 2 aromatic carbocycles. The van der Waals surface area contributed by atoms with E-state index in [9.17, 15) is 9.18 Å². The van der Waals surface area contributed by atoms with Gasteiger partial charge in [-0.1, -0.05) is 17.7 Å². The average Bonchev–Trinajstić information content (AvgIpc) is 3.12. The number of anilines is 2. The van der Waals surface area contributed by atoms with Crippen molar-refractivity contribution >= 4 is 39.9 Å². The second-order valence-corrected chi connectivity index (χ2v) is 6.87. The Labute approximate surface area is 160 Å². The second-order valence-electron chi connectivity index (χ2n) is 6.46. The van der Waals surface area contributed by atoms with Crippen LogP contribution in [0.15, 0.2) is 42.7 Å². The van der Waals surface area contributed by atoms with E-state index in [4.69, 9.17) is 17.3 Å². The van der Waals surface area contributed by atoms with Crippen molar-refractivity contribution in [3.63, 3.8) is 0 Å². The fourth-order valence-corrected chi connectivity index (χ4v) is 3.51. The van der Waals surface area contributed by atoms with E-state index in [2.05, 4.69) is 20.2 Å². The lowest BCUT2D eigenvalue weighted by molar-refractivity contribution is 0.100. The van der Waals surface area contributed by atoms with Gasteiger partial charge in [0.2, 0.25) is 0 Å². The highest BCUT2D eigenvalue weighted by Gasteiger charge is 2.24. The van der Waals surface area contributed by atoms with Gasteiger partial charge >= 0.3 is 0 Å². The van der Waals surface area contributed by atoms with E-state index in [1.54, 1.807) is 18.2 Å². The maximum Gasteiger partial charge on any atom is 0.250 e. The minimum atomic E-state index is -0.526. The van der Waals surface area contributed by atoms with Crippen LogP contribution >= 0.6 is 11.6 Å². The zero-order valence-electron chi connectivity index (χ0n) is 14.3. The van der Waals surface area contributed by atoms with Crippen LogP contribution in [0, 0.1) is 5.82 Å². The molecule has 27 heavy (non-hydrogen) atoms. The number of carbonyl (C=O) groups is 1. The SMILES string of the molecule is NC(=O)c1cccc2c(NC3CCN(c4ccc(Cl)c(F)c4)C3)ncnc12. The van der Waals surface area contributed by atoms with Crippen LogP contribution in [-0.2, 0) is 0 Å². The van der Waals surface area contributed by atoms with E-state index >= 15 is 0 Å². The van der Waals surface area contributed by atoms with E-state index in [-0.39, 0.29) is 11.1 Å². The third kappa shape index (κ3) is 3.38. The summed E-state index contributed by atoms with van der Waals surface area (Å²) in [5.74, 6) is -0.300. The van der Waals surface area contributed by atoms with E-state index in [0.29, 0.717) is 23.4 Å². The Kier molecular flexibility index (Phi) is 4.53. The van der Waals surface area contributed by atoms with Crippen molar-refractivity contribution in [2.45, 2.75) is 12.5 Å². The van der Waals surface area contributed by atoms with Gasteiger partial charge in [-0.3, -0.25) is 4.79 Å². The van der Waals surface area contributed by atoms with Gasteiger partial charge in [0, 0.05) is 30.2 Å². The molecule has 1 aliphatic heterocycles. The summed E-state index contributed by atoms with van der Waals surface area (Å²) < 4.78 is 13.7. The molecule has 0 aliphatic carbocycles. The van der Waals surface area contributed by atoms with Crippen molar-refractivity contribution < 1.29 is 9.18 Å². The molecule has 2 heterocycles. The van der Waals surface area contributed by atoms with Gasteiger partial charge in [0.05, 0.1) is 16.1 Å². The zero-order valence-corrected chi connectivity index (χ0v) is 15.1. The number of carbonyl (C=O) groups excluding carboxylic acids is 1. The van der Waals surface area contributed by atoms with Gasteiger partial charge in [0.15, 0.2) is 0 Å². The summed E-state index contributed by atoms with van der Waals surface area (Å²) in [5.41, 5.74) is 7.12. The molecule has 0 bridgehead atoms. The first kappa shape index (κ1) is 17.5. The number of amides is 1. The van der Waals surface area contributed by atoms with E-state index in [0.717, 1.165) is 24.0 Å². The van der Waals surface area contributed by atoms with Crippen LogP contribution in [0.5, 0.6) is 0 Å². The average molecular weight is 386 g/mol. The van der Waals surface area contributed by atoms with Crippen LogP contribution in [0.4, 0.5) is 15.9 Å². The number of nitrogens with one attached hydrogen (secondary N) is 1. The number of fused-ring (bicyclic) bond motifs is 1. The predicted octanol–water partition coefficient (Wildman–Crippen LogP) is 3.21. The fraction of sp³-hybridized carbons (Fsp3) is 0.211. The van der Waals surface area contributed by atoms with E-state index < -0.39 is 11.7 Å². The molecule has 6 nitrogen and oxygen atoms in total. The van der Waals surface area contributed by atoms with Crippen LogP contribution in [0.2, 0.25) is 5.02 Å². The number of hydrogen-bond donors (Lipinski definition) is 2. The Morgan fingerprint density at radius 3 is 2.93 bits per heavy atom. The van der Waals surface area contributed by atoms with Crippen molar-refractivity contribution in [1.82, 2.24) is 9.97 Å². The molecule has 4 rings (SSSR count). The number of benzene rings is 2. The van der Waals surface area contributed by atoms with Crippen LogP contribution in [0.1, 0.15) is 16.8 Å². The Morgan fingerprint density at radius 2 is 2.15 bits per heavy atom. The summed E-state index contributed by atoms with van der Waals surface area (Å²) in [6, 6.07) is 10.2. The highest BCUT2D eigenvalue weighted by atomic mass is 35.5. The molecule has 138 valence electrons. The molecule has 1 aliphatic rings. The summed E-state index contributed by atoms with van der Waals surface area (Å²) in [5, 5.41) is 4.27. The monoisotopic (exact) mass is 385 g/mol. The van der Waals surface area contributed by atoms with Crippen molar-refractivity contribution in [2.24, 2.45) is 5.73 Å². The van der Waals surface area contributed by atoms with E-state index in [1.807, 2.05) is 12.1 Å². The van der Waals surface area contributed by atoms with Crippen molar-refractivity contribution in [3.8, 4) is 0 Å². The number of aromatic nitrogens is 2. The topological polar surface area (TPSA) is 84.1 Å². The third-order valence-corrected chi connectivity index (χ3v) is 5.03. The highest BCUT2D eigenvalue weighted by Crippen LogP contribution is 2.28. The molecule has 1 unspecified atom stereocenters. The molecule has 0 radical (unpaired) electrons. The van der Waals surface area contributed by atoms with Gasteiger partial charge in [-0.15, -0.1) is 0 Å². The number of nitrogens with zero attached hydrogens (tertiary/aromatic N) is 3. The molecular weight excluding hydrogens is 369 g/mol. The van der Waals surface area contributed by atoms with Gasteiger partial charge < -0.3 is 16.0 Å². The smallest absolute Gasteiger partial charge is 0.250 e. The summed E-state index contributed by atoms with van der Waals surface area (Å²) in [7, 11) is 0. The lowest BCUT2D eigenvalue weighted by atomic mass is 10.1. The van der Waals surface area contributed by atoms with E-state index in [1.165, 1.54) is 12.4 Å². The lowest BCUT2D eigenvalue weighted by Crippen LogP contribution is -2.26. The maximum atomic E-state index is 13.7. The molecule has 1 amide bonds. The highest BCUT2D eigenvalue weighted by molar-refractivity contribution is 6.30. The molecule has 0 spiro atoms. The van der Waals surface area contributed by atoms with Gasteiger partial charge in [-0.25, -0.2) is 14.4 Å².